The van der Waals surface area contributed by atoms with Crippen molar-refractivity contribution >= 4 is 6.01 Å². The Morgan fingerprint density at radius 3 is 3.17 bits per heavy atom. The summed E-state index contributed by atoms with van der Waals surface area (Å²) in [7, 11) is 0. The fraction of sp³-hybridized carbons (Fsp3) is 0.714. The standard InChI is InChI=1S/C7H11N3O2/c11-6(5-1-2-5)3-8-7-10-9-4-12-7/h4-6,11H,1-3H2,(H,8,10). The molecule has 2 N–H and O–H groups in total. The van der Waals surface area contributed by atoms with E-state index < -0.39 is 0 Å². The summed E-state index contributed by atoms with van der Waals surface area (Å²) in [6.45, 7) is 0.493. The number of hydrogen-bond donors (Lipinski definition) is 2. The van der Waals surface area contributed by atoms with Crippen molar-refractivity contribution < 1.29 is 9.52 Å². The zero-order valence-corrected chi connectivity index (χ0v) is 6.60. The topological polar surface area (TPSA) is 71.2 Å². The van der Waals surface area contributed by atoms with Gasteiger partial charge in [-0.25, -0.2) is 0 Å². The Kier molecular flexibility index (Phi) is 1.95. The molecule has 1 atom stereocenters. The van der Waals surface area contributed by atoms with Crippen LogP contribution in [0, 0.1) is 5.92 Å². The van der Waals surface area contributed by atoms with Crippen molar-refractivity contribution in [2.45, 2.75) is 18.9 Å². The van der Waals surface area contributed by atoms with Gasteiger partial charge in [0.2, 0.25) is 6.39 Å². The van der Waals surface area contributed by atoms with Crippen LogP contribution >= 0.6 is 0 Å². The smallest absolute Gasteiger partial charge is 0.315 e. The van der Waals surface area contributed by atoms with Crippen molar-refractivity contribution in [3.05, 3.63) is 6.39 Å². The van der Waals surface area contributed by atoms with E-state index in [4.69, 9.17) is 4.42 Å². The largest absolute Gasteiger partial charge is 0.411 e. The lowest BCUT2D eigenvalue weighted by Crippen LogP contribution is -2.21. The van der Waals surface area contributed by atoms with E-state index in [-0.39, 0.29) is 6.10 Å². The molecule has 1 heterocycles. The molecule has 0 bridgehead atoms. The van der Waals surface area contributed by atoms with E-state index in [2.05, 4.69) is 15.5 Å². The van der Waals surface area contributed by atoms with E-state index in [0.29, 0.717) is 18.5 Å². The molecule has 0 aliphatic heterocycles. The molecular weight excluding hydrogens is 158 g/mol. The minimum Gasteiger partial charge on any atom is -0.411 e. The molecule has 1 aromatic rings. The number of hydrogen-bond acceptors (Lipinski definition) is 5. The highest BCUT2D eigenvalue weighted by molar-refractivity contribution is 5.15. The van der Waals surface area contributed by atoms with Gasteiger partial charge >= 0.3 is 6.01 Å². The van der Waals surface area contributed by atoms with Crippen LogP contribution < -0.4 is 5.32 Å². The second kappa shape index (κ2) is 3.10. The lowest BCUT2D eigenvalue weighted by atomic mass is 10.2. The van der Waals surface area contributed by atoms with Crippen molar-refractivity contribution in [3.63, 3.8) is 0 Å². The minimum absolute atomic E-state index is 0.281. The molecule has 1 unspecified atom stereocenters. The maximum absolute atomic E-state index is 9.44. The van der Waals surface area contributed by atoms with Crippen LogP contribution in [0.25, 0.3) is 0 Å². The van der Waals surface area contributed by atoms with E-state index in [1.165, 1.54) is 6.39 Å². The van der Waals surface area contributed by atoms with Crippen LogP contribution in [0.4, 0.5) is 6.01 Å². The Bertz CT molecular complexity index is 233. The fourth-order valence-corrected chi connectivity index (χ4v) is 1.09. The predicted octanol–water partition coefficient (Wildman–Crippen LogP) is 0.252. The zero-order chi connectivity index (χ0) is 8.39. The van der Waals surface area contributed by atoms with E-state index in [1.807, 2.05) is 0 Å². The van der Waals surface area contributed by atoms with Gasteiger partial charge in [-0.1, -0.05) is 5.10 Å². The number of anilines is 1. The number of aliphatic hydroxyl groups is 1. The van der Waals surface area contributed by atoms with Gasteiger partial charge in [0, 0.05) is 6.54 Å². The predicted molar refractivity (Wildman–Crippen MR) is 41.5 cm³/mol. The number of aliphatic hydroxyl groups excluding tert-OH is 1. The first-order valence-electron chi connectivity index (χ1n) is 4.04. The van der Waals surface area contributed by atoms with Crippen LogP contribution in [0.5, 0.6) is 0 Å². The third kappa shape index (κ3) is 1.73. The highest BCUT2D eigenvalue weighted by Crippen LogP contribution is 2.32. The van der Waals surface area contributed by atoms with Gasteiger partial charge in [0.15, 0.2) is 0 Å². The van der Waals surface area contributed by atoms with Crippen LogP contribution in [-0.2, 0) is 0 Å². The van der Waals surface area contributed by atoms with Gasteiger partial charge in [-0.2, -0.15) is 0 Å². The first-order chi connectivity index (χ1) is 5.86. The van der Waals surface area contributed by atoms with Crippen molar-refractivity contribution in [2.75, 3.05) is 11.9 Å². The van der Waals surface area contributed by atoms with Gasteiger partial charge in [0.05, 0.1) is 6.10 Å². The lowest BCUT2D eigenvalue weighted by molar-refractivity contribution is 0.163. The third-order valence-corrected chi connectivity index (χ3v) is 1.99. The molecule has 5 heteroatoms. The molecule has 0 aromatic carbocycles. The number of nitrogens with zero attached hydrogens (tertiary/aromatic N) is 2. The summed E-state index contributed by atoms with van der Waals surface area (Å²) >= 11 is 0. The monoisotopic (exact) mass is 169 g/mol. The van der Waals surface area contributed by atoms with Gasteiger partial charge in [-0.15, -0.1) is 5.10 Å². The summed E-state index contributed by atoms with van der Waals surface area (Å²) in [6, 6.07) is 0.370. The fourth-order valence-electron chi connectivity index (χ4n) is 1.09. The van der Waals surface area contributed by atoms with Gasteiger partial charge in [0.1, 0.15) is 0 Å². The quantitative estimate of drug-likeness (QED) is 0.676. The third-order valence-electron chi connectivity index (χ3n) is 1.99. The van der Waals surface area contributed by atoms with Crippen LogP contribution in [0.2, 0.25) is 0 Å². The molecule has 0 saturated heterocycles. The molecule has 5 nitrogen and oxygen atoms in total. The molecule has 1 aliphatic carbocycles. The number of rotatable bonds is 4. The summed E-state index contributed by atoms with van der Waals surface area (Å²) < 4.78 is 4.84. The maximum atomic E-state index is 9.44. The summed E-state index contributed by atoms with van der Waals surface area (Å²) in [5, 5.41) is 19.4. The van der Waals surface area contributed by atoms with E-state index in [1.54, 1.807) is 0 Å². The molecule has 1 aliphatic rings. The SMILES string of the molecule is OC(CNc1nnco1)C1CC1. The molecule has 0 radical (unpaired) electrons. The summed E-state index contributed by atoms with van der Waals surface area (Å²) in [5.41, 5.74) is 0. The Balaban J connectivity index is 1.74. The van der Waals surface area contributed by atoms with Gasteiger partial charge in [-0.3, -0.25) is 0 Å². The molecular formula is C7H11N3O2. The molecule has 1 saturated carbocycles. The highest BCUT2D eigenvalue weighted by atomic mass is 16.4. The average Bonchev–Trinajstić information content (AvgIpc) is 2.80. The second-order valence-electron chi connectivity index (χ2n) is 3.03. The summed E-state index contributed by atoms with van der Waals surface area (Å²) in [6.07, 6.45) is 3.24. The van der Waals surface area contributed by atoms with Crippen molar-refractivity contribution in [1.82, 2.24) is 10.2 Å². The normalized spacial score (nSPS) is 19.1. The Morgan fingerprint density at radius 1 is 1.75 bits per heavy atom. The maximum Gasteiger partial charge on any atom is 0.315 e. The van der Waals surface area contributed by atoms with Crippen LogP contribution in [-0.4, -0.2) is 28.0 Å². The Hall–Kier alpha value is -1.10. The van der Waals surface area contributed by atoms with E-state index in [9.17, 15) is 5.11 Å². The van der Waals surface area contributed by atoms with Gasteiger partial charge in [0.25, 0.3) is 0 Å². The van der Waals surface area contributed by atoms with Crippen molar-refractivity contribution in [3.8, 4) is 0 Å². The molecule has 2 rings (SSSR count). The van der Waals surface area contributed by atoms with Crippen molar-refractivity contribution in [2.24, 2.45) is 5.92 Å². The molecule has 1 aromatic heterocycles. The van der Waals surface area contributed by atoms with Crippen LogP contribution in [0.1, 0.15) is 12.8 Å². The Morgan fingerprint density at radius 2 is 2.58 bits per heavy atom. The Labute approximate surface area is 69.8 Å². The number of aromatic nitrogens is 2. The second-order valence-corrected chi connectivity index (χ2v) is 3.03. The molecule has 66 valence electrons. The van der Waals surface area contributed by atoms with Crippen LogP contribution in [0.3, 0.4) is 0 Å². The first kappa shape index (κ1) is 7.54. The molecule has 1 fully saturated rings. The summed E-state index contributed by atoms with van der Waals surface area (Å²) in [5.74, 6) is 0.473. The highest BCUT2D eigenvalue weighted by Gasteiger charge is 2.29. The van der Waals surface area contributed by atoms with Gasteiger partial charge in [-0.05, 0) is 18.8 Å². The molecule has 0 amide bonds. The van der Waals surface area contributed by atoms with E-state index in [0.717, 1.165) is 12.8 Å². The average molecular weight is 169 g/mol. The van der Waals surface area contributed by atoms with Crippen molar-refractivity contribution in [1.29, 1.82) is 0 Å². The minimum atomic E-state index is -0.281. The molecule has 0 spiro atoms. The van der Waals surface area contributed by atoms with E-state index >= 15 is 0 Å². The lowest BCUT2D eigenvalue weighted by Gasteiger charge is -2.07. The summed E-state index contributed by atoms with van der Waals surface area (Å²) in [4.78, 5) is 0. The first-order valence-corrected chi connectivity index (χ1v) is 4.04. The van der Waals surface area contributed by atoms with Crippen LogP contribution in [0.15, 0.2) is 10.8 Å². The molecule has 12 heavy (non-hydrogen) atoms. The zero-order valence-electron chi connectivity index (χ0n) is 6.60. The van der Waals surface area contributed by atoms with Gasteiger partial charge < -0.3 is 14.8 Å². The number of nitrogens with one attached hydrogen (secondary N) is 1.